The van der Waals surface area contributed by atoms with Gasteiger partial charge in [-0.3, -0.25) is 14.3 Å². The number of H-pyrrole nitrogens is 1. The summed E-state index contributed by atoms with van der Waals surface area (Å²) in [4.78, 5) is 27.3. The van der Waals surface area contributed by atoms with E-state index in [1.807, 2.05) is 60.7 Å². The van der Waals surface area contributed by atoms with Crippen molar-refractivity contribution in [2.45, 2.75) is 29.9 Å². The van der Waals surface area contributed by atoms with Crippen molar-refractivity contribution in [3.8, 4) is 0 Å². The highest BCUT2D eigenvalue weighted by Gasteiger charge is 2.65. The van der Waals surface area contributed by atoms with Crippen LogP contribution in [-0.4, -0.2) is 48.8 Å². The van der Waals surface area contributed by atoms with Gasteiger partial charge in [0.25, 0.3) is 5.56 Å². The summed E-state index contributed by atoms with van der Waals surface area (Å²) in [5.41, 5.74) is -0.406. The number of aryl methyl sites for hydroxylation is 1. The summed E-state index contributed by atoms with van der Waals surface area (Å²) in [6.45, 7) is 1.20. The summed E-state index contributed by atoms with van der Waals surface area (Å²) in [7, 11) is 0.269. The normalized spacial score (nSPS) is 25.4. The molecule has 0 aliphatic carbocycles. The van der Waals surface area contributed by atoms with E-state index in [1.54, 1.807) is 6.92 Å². The standard InChI is InChI=1S/C22H24N2O5Si/c1-14-12-24(20(28)23-19(14)27)22(30)21(15-8-4-2-5-9-15,16-10-6-3-7-11-16)18(26)17(13-25)29-22/h2-12,17-18,25-26H,13H2,1,30H3,(H,23,27,28)/t17-,18-,22+/m1/s1. The monoisotopic (exact) mass is 424 g/mol. The first-order valence-corrected chi connectivity index (χ1v) is 10.8. The molecular formula is C22H24N2O5Si. The fourth-order valence-corrected chi connectivity index (χ4v) is 6.23. The number of hydrogen-bond donors (Lipinski definition) is 3. The third-order valence-electron chi connectivity index (χ3n) is 6.13. The lowest BCUT2D eigenvalue weighted by atomic mass is 9.68. The van der Waals surface area contributed by atoms with Crippen molar-refractivity contribution in [2.24, 2.45) is 0 Å². The van der Waals surface area contributed by atoms with Crippen LogP contribution in [0.4, 0.5) is 0 Å². The Morgan fingerprint density at radius 1 is 1.07 bits per heavy atom. The molecule has 30 heavy (non-hydrogen) atoms. The summed E-state index contributed by atoms with van der Waals surface area (Å²) >= 11 is 0. The molecule has 3 aromatic rings. The van der Waals surface area contributed by atoms with Crippen molar-refractivity contribution in [3.05, 3.63) is 104 Å². The van der Waals surface area contributed by atoms with Gasteiger partial charge in [0.2, 0.25) is 0 Å². The van der Waals surface area contributed by atoms with Crippen LogP contribution in [0.25, 0.3) is 0 Å². The van der Waals surface area contributed by atoms with Crippen LogP contribution < -0.4 is 11.2 Å². The fourth-order valence-electron chi connectivity index (χ4n) is 4.72. The Bertz CT molecular complexity index is 1120. The molecule has 8 heteroatoms. The molecule has 2 heterocycles. The van der Waals surface area contributed by atoms with E-state index in [1.165, 1.54) is 10.8 Å². The van der Waals surface area contributed by atoms with E-state index in [-0.39, 0.29) is 10.2 Å². The molecule has 1 aromatic heterocycles. The molecule has 1 fully saturated rings. The molecule has 0 unspecified atom stereocenters. The van der Waals surface area contributed by atoms with Crippen LogP contribution in [0.1, 0.15) is 16.7 Å². The Labute approximate surface area is 176 Å². The average Bonchev–Trinajstić information content (AvgIpc) is 3.00. The van der Waals surface area contributed by atoms with Gasteiger partial charge in [-0.05, 0) is 18.1 Å². The molecule has 2 aromatic carbocycles. The Morgan fingerprint density at radius 2 is 1.60 bits per heavy atom. The van der Waals surface area contributed by atoms with Gasteiger partial charge in [0.1, 0.15) is 17.6 Å². The van der Waals surface area contributed by atoms with E-state index >= 15 is 0 Å². The van der Waals surface area contributed by atoms with Gasteiger partial charge in [0.15, 0.2) is 0 Å². The zero-order chi connectivity index (χ0) is 21.5. The number of aliphatic hydroxyl groups is 2. The van der Waals surface area contributed by atoms with E-state index in [4.69, 9.17) is 4.74 Å². The third kappa shape index (κ3) is 2.76. The third-order valence-corrected chi connectivity index (χ3v) is 7.63. The molecule has 4 rings (SSSR count). The lowest BCUT2D eigenvalue weighted by Gasteiger charge is -2.45. The second-order valence-electron chi connectivity index (χ2n) is 7.75. The smallest absolute Gasteiger partial charge is 0.330 e. The van der Waals surface area contributed by atoms with Crippen molar-refractivity contribution in [1.29, 1.82) is 0 Å². The zero-order valence-corrected chi connectivity index (χ0v) is 18.8. The highest BCUT2D eigenvalue weighted by molar-refractivity contribution is 6.14. The summed E-state index contributed by atoms with van der Waals surface area (Å²) in [5, 5.41) is 20.3. The summed E-state index contributed by atoms with van der Waals surface area (Å²) in [6.07, 6.45) is -0.577. The number of nitrogens with zero attached hydrogens (tertiary/aromatic N) is 1. The first-order valence-electron chi connectivity index (χ1n) is 9.77. The number of benzene rings is 2. The molecule has 1 aliphatic rings. The summed E-state index contributed by atoms with van der Waals surface area (Å²) < 4.78 is 7.67. The lowest BCUT2D eigenvalue weighted by molar-refractivity contribution is -0.0767. The number of aliphatic hydroxyl groups excluding tert-OH is 2. The molecule has 1 saturated heterocycles. The van der Waals surface area contributed by atoms with Crippen LogP contribution >= 0.6 is 0 Å². The SMILES string of the molecule is Cc1cn([C@]2([SiH3])O[C@H](CO)[C@@H](O)C2(c2ccccc2)c2ccccc2)c(=O)[nH]c1=O. The second-order valence-corrected chi connectivity index (χ2v) is 9.10. The van der Waals surface area contributed by atoms with E-state index in [0.717, 1.165) is 11.1 Å². The molecule has 0 saturated carbocycles. The fraction of sp³-hybridized carbons (Fsp3) is 0.273. The Balaban J connectivity index is 2.14. The van der Waals surface area contributed by atoms with Crippen LogP contribution in [0.15, 0.2) is 76.4 Å². The predicted molar refractivity (Wildman–Crippen MR) is 116 cm³/mol. The quantitative estimate of drug-likeness (QED) is 0.493. The van der Waals surface area contributed by atoms with E-state index in [2.05, 4.69) is 4.98 Å². The van der Waals surface area contributed by atoms with E-state index in [9.17, 15) is 19.8 Å². The Morgan fingerprint density at radius 3 is 2.10 bits per heavy atom. The van der Waals surface area contributed by atoms with Crippen molar-refractivity contribution < 1.29 is 14.9 Å². The van der Waals surface area contributed by atoms with Gasteiger partial charge < -0.3 is 14.9 Å². The highest BCUT2D eigenvalue weighted by atomic mass is 28.1. The molecule has 3 N–H and O–H groups in total. The van der Waals surface area contributed by atoms with Crippen molar-refractivity contribution >= 4 is 10.2 Å². The number of rotatable bonds is 4. The molecule has 0 amide bonds. The average molecular weight is 425 g/mol. The van der Waals surface area contributed by atoms with Crippen LogP contribution in [-0.2, 0) is 15.5 Å². The highest BCUT2D eigenvalue weighted by Crippen LogP contribution is 2.53. The van der Waals surface area contributed by atoms with Crippen molar-refractivity contribution in [2.75, 3.05) is 6.61 Å². The molecular weight excluding hydrogens is 400 g/mol. The van der Waals surface area contributed by atoms with Gasteiger partial charge in [0.05, 0.1) is 22.3 Å². The maximum Gasteiger partial charge on any atom is 0.330 e. The molecule has 1 aliphatic heterocycles. The van der Waals surface area contributed by atoms with E-state index in [0.29, 0.717) is 5.56 Å². The Kier molecular flexibility index (Phi) is 5.11. The minimum absolute atomic E-state index is 0.269. The number of aromatic nitrogens is 2. The van der Waals surface area contributed by atoms with Crippen molar-refractivity contribution in [1.82, 2.24) is 9.55 Å². The predicted octanol–water partition coefficient (Wildman–Crippen LogP) is -0.441. The minimum atomic E-state index is -1.31. The molecule has 3 atom stereocenters. The summed E-state index contributed by atoms with van der Waals surface area (Å²) in [6, 6.07) is 18.7. The zero-order valence-electron chi connectivity index (χ0n) is 16.8. The molecule has 0 bridgehead atoms. The van der Waals surface area contributed by atoms with Crippen LogP contribution in [0.5, 0.6) is 0 Å². The van der Waals surface area contributed by atoms with Crippen molar-refractivity contribution in [3.63, 3.8) is 0 Å². The summed E-state index contributed by atoms with van der Waals surface area (Å²) in [5.74, 6) is 0. The van der Waals surface area contributed by atoms with Gasteiger partial charge in [-0.15, -0.1) is 0 Å². The number of ether oxygens (including phenoxy) is 1. The van der Waals surface area contributed by atoms with Gasteiger partial charge >= 0.3 is 5.69 Å². The van der Waals surface area contributed by atoms with Gasteiger partial charge in [0, 0.05) is 11.8 Å². The lowest BCUT2D eigenvalue weighted by Crippen LogP contribution is -2.59. The minimum Gasteiger partial charge on any atom is -0.394 e. The largest absolute Gasteiger partial charge is 0.394 e. The molecule has 156 valence electrons. The second kappa shape index (κ2) is 7.48. The van der Waals surface area contributed by atoms with Gasteiger partial charge in [-0.25, -0.2) is 4.79 Å². The number of nitrogens with one attached hydrogen (secondary N) is 1. The first-order chi connectivity index (χ1) is 14.4. The molecule has 7 nitrogen and oxygen atoms in total. The first kappa shape index (κ1) is 20.5. The maximum absolute atomic E-state index is 12.9. The topological polar surface area (TPSA) is 105 Å². The van der Waals surface area contributed by atoms with Crippen LogP contribution in [0.2, 0.25) is 0 Å². The van der Waals surface area contributed by atoms with Gasteiger partial charge in [-0.1, -0.05) is 60.7 Å². The molecule has 0 radical (unpaired) electrons. The number of hydrogen-bond acceptors (Lipinski definition) is 5. The van der Waals surface area contributed by atoms with Gasteiger partial charge in [-0.2, -0.15) is 0 Å². The van der Waals surface area contributed by atoms with Crippen LogP contribution in [0.3, 0.4) is 0 Å². The number of aromatic amines is 1. The van der Waals surface area contributed by atoms with E-state index < -0.39 is 40.8 Å². The molecule has 0 spiro atoms. The van der Waals surface area contributed by atoms with Crippen LogP contribution in [0, 0.1) is 6.92 Å². The Hall–Kier alpha value is -2.78. The maximum atomic E-state index is 12.9.